The first kappa shape index (κ1) is 16.5. The topological polar surface area (TPSA) is 98.3 Å². The van der Waals surface area contributed by atoms with Gasteiger partial charge in [-0.25, -0.2) is 8.78 Å². The van der Waals surface area contributed by atoms with Gasteiger partial charge in [-0.3, -0.25) is 14.9 Å². The normalized spacial score (nSPS) is 10.6. The Balaban J connectivity index is 2.14. The lowest BCUT2D eigenvalue weighted by Crippen LogP contribution is -2.27. The Kier molecular flexibility index (Phi) is 4.63. The zero-order valence-corrected chi connectivity index (χ0v) is 11.7. The number of aryl methyl sites for hydroxylation is 1. The molecule has 7 nitrogen and oxygen atoms in total. The van der Waals surface area contributed by atoms with Crippen LogP contribution in [-0.4, -0.2) is 22.5 Å². The van der Waals surface area contributed by atoms with Gasteiger partial charge >= 0.3 is 5.69 Å². The van der Waals surface area contributed by atoms with Gasteiger partial charge in [0.25, 0.3) is 5.91 Å². The highest BCUT2D eigenvalue weighted by Crippen LogP contribution is 2.25. The van der Waals surface area contributed by atoms with Crippen molar-refractivity contribution in [2.24, 2.45) is 0 Å². The van der Waals surface area contributed by atoms with E-state index in [4.69, 9.17) is 4.52 Å². The maximum absolute atomic E-state index is 13.6. The quantitative estimate of drug-likeness (QED) is 0.515. The van der Waals surface area contributed by atoms with E-state index in [1.54, 1.807) is 13.0 Å². The minimum absolute atomic E-state index is 0.00294. The van der Waals surface area contributed by atoms with E-state index >= 15 is 0 Å². The monoisotopic (exact) mass is 329 g/mol. The van der Waals surface area contributed by atoms with Gasteiger partial charge in [0.1, 0.15) is 5.76 Å². The second-order valence-electron chi connectivity index (χ2n) is 4.58. The summed E-state index contributed by atoms with van der Waals surface area (Å²) in [5.74, 6) is -6.36. The first-order chi connectivity index (χ1) is 10.8. The maximum atomic E-state index is 13.6. The number of benzene rings is 1. The van der Waals surface area contributed by atoms with Crippen molar-refractivity contribution in [2.45, 2.75) is 13.3 Å². The molecule has 1 heterocycles. The molecule has 10 heteroatoms. The highest BCUT2D eigenvalue weighted by Gasteiger charge is 2.28. The Hall–Kier alpha value is -2.91. The average molecular weight is 329 g/mol. The molecule has 0 unspecified atom stereocenters. The molecule has 0 aliphatic carbocycles. The summed E-state index contributed by atoms with van der Waals surface area (Å²) in [5.41, 5.74) is -1.74. The van der Waals surface area contributed by atoms with E-state index in [-0.39, 0.29) is 13.0 Å². The SMILES string of the molecule is Cc1cc(CCNC(=O)c2cc([N+](=O)[O-])c(F)c(F)c2F)no1. The lowest BCUT2D eigenvalue weighted by molar-refractivity contribution is -0.387. The number of hydrogen-bond acceptors (Lipinski definition) is 5. The molecule has 0 fully saturated rings. The summed E-state index contributed by atoms with van der Waals surface area (Å²) in [6.45, 7) is 1.67. The first-order valence-electron chi connectivity index (χ1n) is 6.33. The number of rotatable bonds is 5. The molecule has 0 saturated carbocycles. The van der Waals surface area contributed by atoms with Crippen molar-refractivity contribution in [2.75, 3.05) is 6.54 Å². The highest BCUT2D eigenvalue weighted by atomic mass is 19.2. The van der Waals surface area contributed by atoms with E-state index in [9.17, 15) is 28.1 Å². The summed E-state index contributed by atoms with van der Waals surface area (Å²) < 4.78 is 44.9. The van der Waals surface area contributed by atoms with E-state index in [1.807, 2.05) is 0 Å². The molecule has 1 amide bonds. The maximum Gasteiger partial charge on any atom is 0.308 e. The molecule has 1 aromatic carbocycles. The number of nitro groups is 1. The van der Waals surface area contributed by atoms with E-state index in [2.05, 4.69) is 10.5 Å². The molecule has 0 atom stereocenters. The summed E-state index contributed by atoms with van der Waals surface area (Å²) in [5, 5.41) is 16.5. The summed E-state index contributed by atoms with van der Waals surface area (Å²) in [6.07, 6.45) is 0.246. The van der Waals surface area contributed by atoms with Gasteiger partial charge in [-0.05, 0) is 6.92 Å². The number of carbonyl (C=O) groups excluding carboxylic acids is 1. The van der Waals surface area contributed by atoms with Crippen LogP contribution in [0, 0.1) is 34.5 Å². The molecule has 0 radical (unpaired) electrons. The van der Waals surface area contributed by atoms with Crippen LogP contribution in [0.5, 0.6) is 0 Å². The van der Waals surface area contributed by atoms with Crippen molar-refractivity contribution in [3.63, 3.8) is 0 Å². The van der Waals surface area contributed by atoms with Crippen LogP contribution in [0.25, 0.3) is 0 Å². The molecule has 0 aliphatic rings. The number of hydrogen-bond donors (Lipinski definition) is 1. The van der Waals surface area contributed by atoms with Gasteiger partial charge in [0.2, 0.25) is 11.6 Å². The van der Waals surface area contributed by atoms with Crippen LogP contribution in [0.3, 0.4) is 0 Å². The van der Waals surface area contributed by atoms with E-state index < -0.39 is 39.5 Å². The molecule has 0 spiro atoms. The second kappa shape index (κ2) is 6.46. The fourth-order valence-electron chi connectivity index (χ4n) is 1.82. The molecule has 23 heavy (non-hydrogen) atoms. The molecule has 0 aliphatic heterocycles. The van der Waals surface area contributed by atoms with E-state index in [0.717, 1.165) is 0 Å². The highest BCUT2D eigenvalue weighted by molar-refractivity contribution is 5.95. The zero-order valence-electron chi connectivity index (χ0n) is 11.7. The van der Waals surface area contributed by atoms with Crippen molar-refractivity contribution in [3.8, 4) is 0 Å². The van der Waals surface area contributed by atoms with E-state index in [0.29, 0.717) is 17.5 Å². The predicted octanol–water partition coefficient (Wildman–Crippen LogP) is 2.28. The molecule has 2 aromatic rings. The van der Waals surface area contributed by atoms with Crippen LogP contribution < -0.4 is 5.32 Å². The Bertz CT molecular complexity index is 776. The predicted molar refractivity (Wildman–Crippen MR) is 70.2 cm³/mol. The average Bonchev–Trinajstić information content (AvgIpc) is 2.90. The second-order valence-corrected chi connectivity index (χ2v) is 4.58. The molecule has 1 N–H and O–H groups in total. The van der Waals surface area contributed by atoms with Gasteiger partial charge in [-0.1, -0.05) is 5.16 Å². The number of nitro benzene ring substituents is 1. The van der Waals surface area contributed by atoms with Crippen molar-refractivity contribution < 1.29 is 27.4 Å². The van der Waals surface area contributed by atoms with Crippen LogP contribution >= 0.6 is 0 Å². The Morgan fingerprint density at radius 2 is 2.00 bits per heavy atom. The number of carbonyl (C=O) groups is 1. The van der Waals surface area contributed by atoms with Crippen molar-refractivity contribution in [1.29, 1.82) is 0 Å². The Labute approximate surface area is 127 Å². The third-order valence-electron chi connectivity index (χ3n) is 2.91. The van der Waals surface area contributed by atoms with Gasteiger partial charge in [0.05, 0.1) is 16.2 Å². The van der Waals surface area contributed by atoms with Crippen LogP contribution in [0.2, 0.25) is 0 Å². The fraction of sp³-hybridized carbons (Fsp3) is 0.231. The van der Waals surface area contributed by atoms with Crippen LogP contribution in [0.15, 0.2) is 16.7 Å². The summed E-state index contributed by atoms with van der Waals surface area (Å²) in [7, 11) is 0. The standard InChI is InChI=1S/C13H10F3N3O4/c1-6-4-7(18-23-6)2-3-17-13(20)8-5-9(19(21)22)11(15)12(16)10(8)14/h4-5H,2-3H2,1H3,(H,17,20). The Morgan fingerprint density at radius 1 is 1.30 bits per heavy atom. The van der Waals surface area contributed by atoms with E-state index in [1.165, 1.54) is 0 Å². The van der Waals surface area contributed by atoms with Crippen LogP contribution in [0.1, 0.15) is 21.8 Å². The number of amides is 1. The van der Waals surface area contributed by atoms with Crippen LogP contribution in [0.4, 0.5) is 18.9 Å². The number of halogens is 3. The zero-order chi connectivity index (χ0) is 17.1. The number of nitrogens with zero attached hydrogens (tertiary/aromatic N) is 2. The first-order valence-corrected chi connectivity index (χ1v) is 6.33. The third-order valence-corrected chi connectivity index (χ3v) is 2.91. The Morgan fingerprint density at radius 3 is 2.57 bits per heavy atom. The van der Waals surface area contributed by atoms with Crippen molar-refractivity contribution in [3.05, 3.63) is 56.7 Å². The number of nitrogens with one attached hydrogen (secondary N) is 1. The molecule has 2 rings (SSSR count). The molecule has 0 saturated heterocycles. The molecule has 122 valence electrons. The van der Waals surface area contributed by atoms with Gasteiger partial charge < -0.3 is 9.84 Å². The third kappa shape index (κ3) is 3.47. The molecule has 1 aromatic heterocycles. The van der Waals surface area contributed by atoms with Crippen molar-refractivity contribution in [1.82, 2.24) is 10.5 Å². The lowest BCUT2D eigenvalue weighted by atomic mass is 10.1. The smallest absolute Gasteiger partial charge is 0.308 e. The van der Waals surface area contributed by atoms with Gasteiger partial charge in [0.15, 0.2) is 5.82 Å². The fourth-order valence-corrected chi connectivity index (χ4v) is 1.82. The summed E-state index contributed by atoms with van der Waals surface area (Å²) >= 11 is 0. The number of aromatic nitrogens is 1. The van der Waals surface area contributed by atoms with Gasteiger partial charge in [-0.2, -0.15) is 4.39 Å². The van der Waals surface area contributed by atoms with Gasteiger partial charge in [-0.15, -0.1) is 0 Å². The largest absolute Gasteiger partial charge is 0.361 e. The lowest BCUT2D eigenvalue weighted by Gasteiger charge is -2.06. The van der Waals surface area contributed by atoms with Crippen molar-refractivity contribution >= 4 is 11.6 Å². The molecular formula is C13H10F3N3O4. The summed E-state index contributed by atoms with van der Waals surface area (Å²) in [6, 6.07) is 1.97. The molecule has 0 bridgehead atoms. The molecular weight excluding hydrogens is 319 g/mol. The van der Waals surface area contributed by atoms with Crippen LogP contribution in [-0.2, 0) is 6.42 Å². The minimum Gasteiger partial charge on any atom is -0.361 e. The minimum atomic E-state index is -2.07. The summed E-state index contributed by atoms with van der Waals surface area (Å²) in [4.78, 5) is 21.1. The van der Waals surface area contributed by atoms with Gasteiger partial charge in [0, 0.05) is 25.1 Å².